The molecule has 1 saturated carbocycles. The first-order valence-corrected chi connectivity index (χ1v) is 8.69. The third kappa shape index (κ3) is 3.68. The fraction of sp³-hybridized carbons (Fsp3) is 0.318. The normalized spacial score (nSPS) is 14.6. The first-order valence-electron chi connectivity index (χ1n) is 8.69. The number of benzene rings is 2. The molecule has 1 aliphatic carbocycles. The van der Waals surface area contributed by atoms with Crippen LogP contribution in [-0.4, -0.2) is 7.11 Å². The predicted octanol–water partition coefficient (Wildman–Crippen LogP) is 5.72. The summed E-state index contributed by atoms with van der Waals surface area (Å²) in [6.45, 7) is 0. The smallest absolute Gasteiger partial charge is 0.118 e. The first kappa shape index (κ1) is 16.3. The van der Waals surface area contributed by atoms with Crippen molar-refractivity contribution in [3.8, 4) is 11.8 Å². The molecule has 0 atom stereocenters. The fourth-order valence-corrected chi connectivity index (χ4v) is 3.45. The Morgan fingerprint density at radius 2 is 1.38 bits per heavy atom. The molecule has 2 nitrogen and oxygen atoms in total. The van der Waals surface area contributed by atoms with Crippen LogP contribution in [-0.2, 0) is 0 Å². The van der Waals surface area contributed by atoms with Gasteiger partial charge in [0, 0.05) is 0 Å². The molecule has 0 unspecified atom stereocenters. The summed E-state index contributed by atoms with van der Waals surface area (Å²) < 4.78 is 5.30. The molecule has 2 aromatic rings. The largest absolute Gasteiger partial charge is 0.497 e. The topological polar surface area (TPSA) is 33.0 Å². The van der Waals surface area contributed by atoms with Crippen molar-refractivity contribution in [3.63, 3.8) is 0 Å². The van der Waals surface area contributed by atoms with Gasteiger partial charge in [-0.1, -0.05) is 42.7 Å². The SMILES string of the molecule is COc1ccc(C(=C2CCCCCC2)c2ccc(C#N)cc2)cc1. The molecule has 0 radical (unpaired) electrons. The van der Waals surface area contributed by atoms with Crippen LogP contribution in [0.1, 0.15) is 55.2 Å². The molecule has 24 heavy (non-hydrogen) atoms. The highest BCUT2D eigenvalue weighted by Crippen LogP contribution is 2.35. The van der Waals surface area contributed by atoms with E-state index >= 15 is 0 Å². The quantitative estimate of drug-likeness (QED) is 0.678. The van der Waals surface area contributed by atoms with Gasteiger partial charge in [0.05, 0.1) is 18.7 Å². The van der Waals surface area contributed by atoms with Gasteiger partial charge < -0.3 is 4.74 Å². The van der Waals surface area contributed by atoms with Crippen LogP contribution in [0.25, 0.3) is 5.57 Å². The molecule has 3 rings (SSSR count). The number of nitrogens with zero attached hydrogens (tertiary/aromatic N) is 1. The van der Waals surface area contributed by atoms with E-state index < -0.39 is 0 Å². The zero-order valence-corrected chi connectivity index (χ0v) is 14.2. The maximum absolute atomic E-state index is 9.05. The third-order valence-corrected chi connectivity index (χ3v) is 4.74. The molecule has 0 bridgehead atoms. The van der Waals surface area contributed by atoms with E-state index in [9.17, 15) is 0 Å². The Morgan fingerprint density at radius 1 is 0.833 bits per heavy atom. The number of ether oxygens (including phenoxy) is 1. The van der Waals surface area contributed by atoms with Crippen LogP contribution in [0, 0.1) is 11.3 Å². The molecular formula is C22H23NO. The number of nitriles is 1. The van der Waals surface area contributed by atoms with E-state index in [1.807, 2.05) is 24.3 Å². The molecule has 0 aromatic heterocycles. The molecule has 0 amide bonds. The Morgan fingerprint density at radius 3 is 1.88 bits per heavy atom. The van der Waals surface area contributed by atoms with E-state index in [1.165, 1.54) is 55.2 Å². The molecule has 0 spiro atoms. The van der Waals surface area contributed by atoms with Gasteiger partial charge in [-0.05, 0) is 66.6 Å². The molecule has 1 aliphatic rings. The second kappa shape index (κ2) is 7.84. The van der Waals surface area contributed by atoms with Crippen LogP contribution < -0.4 is 4.74 Å². The Balaban J connectivity index is 2.08. The van der Waals surface area contributed by atoms with Crippen molar-refractivity contribution in [1.82, 2.24) is 0 Å². The number of hydrogen-bond donors (Lipinski definition) is 0. The summed E-state index contributed by atoms with van der Waals surface area (Å²) in [5.41, 5.74) is 6.03. The lowest BCUT2D eigenvalue weighted by molar-refractivity contribution is 0.415. The van der Waals surface area contributed by atoms with E-state index in [2.05, 4.69) is 30.3 Å². The highest BCUT2D eigenvalue weighted by Gasteiger charge is 2.14. The van der Waals surface area contributed by atoms with Crippen molar-refractivity contribution in [2.24, 2.45) is 0 Å². The summed E-state index contributed by atoms with van der Waals surface area (Å²) in [4.78, 5) is 0. The number of hydrogen-bond acceptors (Lipinski definition) is 2. The summed E-state index contributed by atoms with van der Waals surface area (Å²) in [5, 5.41) is 9.05. The summed E-state index contributed by atoms with van der Waals surface area (Å²) in [7, 11) is 1.69. The van der Waals surface area contributed by atoms with Crippen molar-refractivity contribution in [2.45, 2.75) is 38.5 Å². The molecule has 1 fully saturated rings. The van der Waals surface area contributed by atoms with Crippen molar-refractivity contribution in [2.75, 3.05) is 7.11 Å². The highest BCUT2D eigenvalue weighted by atomic mass is 16.5. The van der Waals surface area contributed by atoms with Crippen LogP contribution in [0.3, 0.4) is 0 Å². The maximum Gasteiger partial charge on any atom is 0.118 e. The summed E-state index contributed by atoms with van der Waals surface area (Å²) in [5.74, 6) is 0.879. The fourth-order valence-electron chi connectivity index (χ4n) is 3.45. The molecule has 0 aliphatic heterocycles. The van der Waals surface area contributed by atoms with Gasteiger partial charge in [0.25, 0.3) is 0 Å². The average molecular weight is 317 g/mol. The van der Waals surface area contributed by atoms with Crippen molar-refractivity contribution >= 4 is 5.57 Å². The highest BCUT2D eigenvalue weighted by molar-refractivity contribution is 5.82. The summed E-state index contributed by atoms with van der Waals surface area (Å²) in [6, 6.07) is 18.5. The molecule has 122 valence electrons. The first-order chi connectivity index (χ1) is 11.8. The monoisotopic (exact) mass is 317 g/mol. The second-order valence-corrected chi connectivity index (χ2v) is 6.31. The van der Waals surface area contributed by atoms with Crippen LogP contribution in [0.15, 0.2) is 54.1 Å². The van der Waals surface area contributed by atoms with E-state index in [0.717, 1.165) is 5.75 Å². The number of methoxy groups -OCH3 is 1. The lowest BCUT2D eigenvalue weighted by Gasteiger charge is -2.16. The number of rotatable bonds is 3. The Labute approximate surface area is 144 Å². The third-order valence-electron chi connectivity index (χ3n) is 4.74. The Hall–Kier alpha value is -2.53. The Bertz CT molecular complexity index is 738. The van der Waals surface area contributed by atoms with Gasteiger partial charge in [-0.25, -0.2) is 0 Å². The molecule has 0 saturated heterocycles. The zero-order valence-electron chi connectivity index (χ0n) is 14.2. The van der Waals surface area contributed by atoms with Crippen molar-refractivity contribution in [3.05, 3.63) is 70.8 Å². The standard InChI is InChI=1S/C22H23NO/c1-24-21-14-12-20(13-15-21)22(18-6-4-2-3-5-7-18)19-10-8-17(16-23)9-11-19/h8-15H,2-7H2,1H3. The second-order valence-electron chi connectivity index (χ2n) is 6.31. The number of allylic oxidation sites excluding steroid dienone is 1. The van der Waals surface area contributed by atoms with E-state index in [-0.39, 0.29) is 0 Å². The van der Waals surface area contributed by atoms with Crippen LogP contribution in [0.5, 0.6) is 5.75 Å². The van der Waals surface area contributed by atoms with E-state index in [1.54, 1.807) is 12.7 Å². The molecular weight excluding hydrogens is 294 g/mol. The van der Waals surface area contributed by atoms with Crippen molar-refractivity contribution in [1.29, 1.82) is 5.26 Å². The minimum atomic E-state index is 0.707. The Kier molecular flexibility index (Phi) is 5.33. The summed E-state index contributed by atoms with van der Waals surface area (Å²) in [6.07, 6.45) is 7.53. The molecule has 0 heterocycles. The minimum Gasteiger partial charge on any atom is -0.497 e. The van der Waals surface area contributed by atoms with Gasteiger partial charge >= 0.3 is 0 Å². The van der Waals surface area contributed by atoms with Gasteiger partial charge in [0.15, 0.2) is 0 Å². The maximum atomic E-state index is 9.05. The lowest BCUT2D eigenvalue weighted by atomic mass is 9.89. The van der Waals surface area contributed by atoms with Crippen LogP contribution >= 0.6 is 0 Å². The van der Waals surface area contributed by atoms with Gasteiger partial charge in [-0.15, -0.1) is 0 Å². The van der Waals surface area contributed by atoms with Crippen molar-refractivity contribution < 1.29 is 4.74 Å². The van der Waals surface area contributed by atoms with Gasteiger partial charge in [0.1, 0.15) is 5.75 Å². The van der Waals surface area contributed by atoms with Gasteiger partial charge in [-0.2, -0.15) is 5.26 Å². The average Bonchev–Trinajstić information content (AvgIpc) is 2.92. The van der Waals surface area contributed by atoms with Crippen LogP contribution in [0.4, 0.5) is 0 Å². The molecule has 0 N–H and O–H groups in total. The minimum absolute atomic E-state index is 0.707. The van der Waals surface area contributed by atoms with Gasteiger partial charge in [0.2, 0.25) is 0 Å². The summed E-state index contributed by atoms with van der Waals surface area (Å²) >= 11 is 0. The van der Waals surface area contributed by atoms with Gasteiger partial charge in [-0.3, -0.25) is 0 Å². The predicted molar refractivity (Wildman–Crippen MR) is 97.9 cm³/mol. The van der Waals surface area contributed by atoms with E-state index in [4.69, 9.17) is 10.00 Å². The zero-order chi connectivity index (χ0) is 16.8. The molecule has 2 aromatic carbocycles. The van der Waals surface area contributed by atoms with Crippen LogP contribution in [0.2, 0.25) is 0 Å². The van der Waals surface area contributed by atoms with E-state index in [0.29, 0.717) is 5.56 Å². The molecule has 2 heteroatoms. The lowest BCUT2D eigenvalue weighted by Crippen LogP contribution is -1.96.